The molecule has 0 aromatic carbocycles. The predicted molar refractivity (Wildman–Crippen MR) is 53.4 cm³/mol. The molecule has 1 aliphatic heterocycles. The molecular weight excluding hydrogens is 148 g/mol. The number of nitrogens with zero attached hydrogens (tertiary/aromatic N) is 1. The molecule has 1 unspecified atom stereocenters. The molecule has 0 bridgehead atoms. The smallest absolute Gasteiger partial charge is 0.00205 e. The van der Waals surface area contributed by atoms with Crippen LogP contribution in [0, 0.1) is 5.92 Å². The summed E-state index contributed by atoms with van der Waals surface area (Å²) in [6.45, 7) is 3.74. The standard InChI is InChI=1S/C10H22N2/c1-12(2)8-4-6-10-5-3-7-11-9-10/h10-11H,3-9H2,1-2H3. The summed E-state index contributed by atoms with van der Waals surface area (Å²) >= 11 is 0. The molecule has 2 heteroatoms. The third-order valence-corrected chi connectivity index (χ3v) is 2.62. The van der Waals surface area contributed by atoms with Crippen LogP contribution in [-0.2, 0) is 0 Å². The van der Waals surface area contributed by atoms with Gasteiger partial charge in [0.2, 0.25) is 0 Å². The normalized spacial score (nSPS) is 24.8. The van der Waals surface area contributed by atoms with Crippen molar-refractivity contribution in [3.05, 3.63) is 0 Å². The van der Waals surface area contributed by atoms with E-state index in [1.165, 1.54) is 45.3 Å². The Morgan fingerprint density at radius 3 is 2.83 bits per heavy atom. The van der Waals surface area contributed by atoms with Crippen molar-refractivity contribution >= 4 is 0 Å². The lowest BCUT2D eigenvalue weighted by Crippen LogP contribution is -2.30. The fourth-order valence-corrected chi connectivity index (χ4v) is 1.87. The molecule has 0 amide bonds. The molecule has 12 heavy (non-hydrogen) atoms. The Balaban J connectivity index is 1.98. The second kappa shape index (κ2) is 5.55. The second-order valence-corrected chi connectivity index (χ2v) is 4.16. The van der Waals surface area contributed by atoms with Gasteiger partial charge in [0, 0.05) is 0 Å². The molecule has 1 aliphatic rings. The van der Waals surface area contributed by atoms with E-state index in [0.29, 0.717) is 0 Å². The lowest BCUT2D eigenvalue weighted by Gasteiger charge is -2.23. The summed E-state index contributed by atoms with van der Waals surface area (Å²) in [6.07, 6.45) is 5.59. The minimum Gasteiger partial charge on any atom is -0.316 e. The third-order valence-electron chi connectivity index (χ3n) is 2.62. The van der Waals surface area contributed by atoms with Crippen LogP contribution in [-0.4, -0.2) is 38.6 Å². The van der Waals surface area contributed by atoms with Crippen molar-refractivity contribution in [3.8, 4) is 0 Å². The van der Waals surface area contributed by atoms with Crippen LogP contribution in [0.4, 0.5) is 0 Å². The number of piperidine rings is 1. The fourth-order valence-electron chi connectivity index (χ4n) is 1.87. The third kappa shape index (κ3) is 4.07. The van der Waals surface area contributed by atoms with Gasteiger partial charge in [-0.2, -0.15) is 0 Å². The van der Waals surface area contributed by atoms with Crippen molar-refractivity contribution in [2.75, 3.05) is 33.7 Å². The Morgan fingerprint density at radius 2 is 2.25 bits per heavy atom. The zero-order valence-electron chi connectivity index (χ0n) is 8.47. The summed E-state index contributed by atoms with van der Waals surface area (Å²) < 4.78 is 0. The van der Waals surface area contributed by atoms with Gasteiger partial charge in [0.15, 0.2) is 0 Å². The summed E-state index contributed by atoms with van der Waals surface area (Å²) in [5.74, 6) is 0.957. The minimum atomic E-state index is 0.957. The maximum absolute atomic E-state index is 3.46. The Morgan fingerprint density at radius 1 is 1.42 bits per heavy atom. The van der Waals surface area contributed by atoms with Crippen molar-refractivity contribution in [2.45, 2.75) is 25.7 Å². The van der Waals surface area contributed by atoms with Crippen LogP contribution < -0.4 is 5.32 Å². The van der Waals surface area contributed by atoms with Gasteiger partial charge < -0.3 is 10.2 Å². The van der Waals surface area contributed by atoms with Gasteiger partial charge in [0.25, 0.3) is 0 Å². The van der Waals surface area contributed by atoms with Crippen molar-refractivity contribution in [1.29, 1.82) is 0 Å². The Hall–Kier alpha value is -0.0800. The van der Waals surface area contributed by atoms with Crippen LogP contribution in [0.2, 0.25) is 0 Å². The van der Waals surface area contributed by atoms with E-state index in [1.54, 1.807) is 0 Å². The van der Waals surface area contributed by atoms with E-state index in [9.17, 15) is 0 Å². The summed E-state index contributed by atoms with van der Waals surface area (Å²) in [5.41, 5.74) is 0. The molecule has 1 saturated heterocycles. The molecule has 0 aliphatic carbocycles. The van der Waals surface area contributed by atoms with Crippen LogP contribution in [0.25, 0.3) is 0 Å². The molecule has 72 valence electrons. The first kappa shape index (κ1) is 10.0. The van der Waals surface area contributed by atoms with Crippen molar-refractivity contribution in [1.82, 2.24) is 10.2 Å². The first-order chi connectivity index (χ1) is 5.79. The van der Waals surface area contributed by atoms with E-state index in [0.717, 1.165) is 5.92 Å². The summed E-state index contributed by atoms with van der Waals surface area (Å²) in [5, 5.41) is 3.46. The summed E-state index contributed by atoms with van der Waals surface area (Å²) in [6, 6.07) is 0. The number of hydrogen-bond donors (Lipinski definition) is 1. The number of nitrogens with one attached hydrogen (secondary N) is 1. The molecule has 0 spiro atoms. The zero-order valence-corrected chi connectivity index (χ0v) is 8.47. The van der Waals surface area contributed by atoms with Gasteiger partial charge in [-0.05, 0) is 65.3 Å². The highest BCUT2D eigenvalue weighted by Gasteiger charge is 2.11. The lowest BCUT2D eigenvalue weighted by molar-refractivity contribution is 0.320. The quantitative estimate of drug-likeness (QED) is 0.684. The Labute approximate surface area is 76.3 Å². The largest absolute Gasteiger partial charge is 0.316 e. The average molecular weight is 170 g/mol. The highest BCUT2D eigenvalue weighted by Crippen LogP contribution is 2.15. The monoisotopic (exact) mass is 170 g/mol. The molecule has 0 aromatic heterocycles. The Kier molecular flexibility index (Phi) is 4.62. The highest BCUT2D eigenvalue weighted by molar-refractivity contribution is 4.68. The predicted octanol–water partition coefficient (Wildman–Crippen LogP) is 1.33. The van der Waals surface area contributed by atoms with Crippen molar-refractivity contribution in [2.24, 2.45) is 5.92 Å². The maximum atomic E-state index is 3.46. The second-order valence-electron chi connectivity index (χ2n) is 4.16. The van der Waals surface area contributed by atoms with Gasteiger partial charge in [-0.25, -0.2) is 0 Å². The summed E-state index contributed by atoms with van der Waals surface area (Å²) in [7, 11) is 4.30. The first-order valence-electron chi connectivity index (χ1n) is 5.14. The van der Waals surface area contributed by atoms with Crippen LogP contribution >= 0.6 is 0 Å². The average Bonchev–Trinajstić information content (AvgIpc) is 2.05. The van der Waals surface area contributed by atoms with Crippen LogP contribution in [0.1, 0.15) is 25.7 Å². The SMILES string of the molecule is CN(C)CCCC1CCCNC1. The van der Waals surface area contributed by atoms with Gasteiger partial charge >= 0.3 is 0 Å². The topological polar surface area (TPSA) is 15.3 Å². The van der Waals surface area contributed by atoms with Gasteiger partial charge in [-0.1, -0.05) is 0 Å². The molecular formula is C10H22N2. The van der Waals surface area contributed by atoms with Crippen LogP contribution in [0.3, 0.4) is 0 Å². The molecule has 1 heterocycles. The van der Waals surface area contributed by atoms with Gasteiger partial charge in [-0.3, -0.25) is 0 Å². The van der Waals surface area contributed by atoms with E-state index in [2.05, 4.69) is 24.3 Å². The van der Waals surface area contributed by atoms with E-state index >= 15 is 0 Å². The van der Waals surface area contributed by atoms with Gasteiger partial charge in [-0.15, -0.1) is 0 Å². The number of rotatable bonds is 4. The highest BCUT2D eigenvalue weighted by atomic mass is 15.0. The summed E-state index contributed by atoms with van der Waals surface area (Å²) in [4.78, 5) is 2.27. The van der Waals surface area contributed by atoms with Gasteiger partial charge in [0.1, 0.15) is 0 Å². The van der Waals surface area contributed by atoms with Crippen molar-refractivity contribution < 1.29 is 0 Å². The van der Waals surface area contributed by atoms with Gasteiger partial charge in [0.05, 0.1) is 0 Å². The maximum Gasteiger partial charge on any atom is -0.00205 e. The molecule has 1 N–H and O–H groups in total. The van der Waals surface area contributed by atoms with E-state index < -0.39 is 0 Å². The lowest BCUT2D eigenvalue weighted by atomic mass is 9.95. The fraction of sp³-hybridized carbons (Fsp3) is 1.00. The molecule has 1 fully saturated rings. The van der Waals surface area contributed by atoms with E-state index in [4.69, 9.17) is 0 Å². The first-order valence-corrected chi connectivity index (χ1v) is 5.14. The van der Waals surface area contributed by atoms with Crippen LogP contribution in [0.5, 0.6) is 0 Å². The van der Waals surface area contributed by atoms with Crippen LogP contribution in [0.15, 0.2) is 0 Å². The molecule has 0 aromatic rings. The van der Waals surface area contributed by atoms with E-state index in [-0.39, 0.29) is 0 Å². The number of hydrogen-bond acceptors (Lipinski definition) is 2. The van der Waals surface area contributed by atoms with E-state index in [1.807, 2.05) is 0 Å². The molecule has 0 saturated carbocycles. The molecule has 2 nitrogen and oxygen atoms in total. The van der Waals surface area contributed by atoms with Crippen molar-refractivity contribution in [3.63, 3.8) is 0 Å². The molecule has 1 rings (SSSR count). The minimum absolute atomic E-state index is 0.957. The molecule has 0 radical (unpaired) electrons. The Bertz CT molecular complexity index is 106. The molecule has 1 atom stereocenters. The zero-order chi connectivity index (χ0) is 8.81.